The lowest BCUT2D eigenvalue weighted by atomic mass is 10.1. The maximum atomic E-state index is 13.1. The van der Waals surface area contributed by atoms with E-state index in [1.807, 2.05) is 23.0 Å². The highest BCUT2D eigenvalue weighted by Crippen LogP contribution is 2.34. The van der Waals surface area contributed by atoms with Gasteiger partial charge in [-0.2, -0.15) is 5.10 Å². The molecule has 0 aliphatic carbocycles. The van der Waals surface area contributed by atoms with E-state index in [0.717, 1.165) is 35.7 Å². The fourth-order valence-electron chi connectivity index (χ4n) is 2.68. The van der Waals surface area contributed by atoms with Crippen molar-refractivity contribution in [3.63, 3.8) is 0 Å². The van der Waals surface area contributed by atoms with Gasteiger partial charge in [0, 0.05) is 30.1 Å². The van der Waals surface area contributed by atoms with Gasteiger partial charge in [-0.3, -0.25) is 4.98 Å². The molecule has 5 heteroatoms. The molecule has 2 aromatic heterocycles. The predicted molar refractivity (Wildman–Crippen MR) is 78.9 cm³/mol. The van der Waals surface area contributed by atoms with E-state index in [2.05, 4.69) is 10.3 Å². The van der Waals surface area contributed by atoms with Crippen LogP contribution >= 0.6 is 0 Å². The van der Waals surface area contributed by atoms with E-state index >= 15 is 0 Å². The van der Waals surface area contributed by atoms with Gasteiger partial charge in [-0.25, -0.2) is 9.07 Å². The van der Waals surface area contributed by atoms with Crippen LogP contribution in [-0.2, 0) is 6.42 Å². The fraction of sp³-hybridized carbons (Fsp3) is 0.125. The molecule has 3 heterocycles. The smallest absolute Gasteiger partial charge is 0.133 e. The molecule has 0 atom stereocenters. The zero-order chi connectivity index (χ0) is 14.2. The number of halogens is 1. The summed E-state index contributed by atoms with van der Waals surface area (Å²) >= 11 is 0. The number of rotatable bonds is 2. The van der Waals surface area contributed by atoms with Crippen LogP contribution in [0.3, 0.4) is 0 Å². The van der Waals surface area contributed by atoms with Crippen LogP contribution in [0.1, 0.15) is 5.56 Å². The Hall–Kier alpha value is -2.69. The molecule has 0 fully saturated rings. The van der Waals surface area contributed by atoms with E-state index in [-0.39, 0.29) is 5.82 Å². The van der Waals surface area contributed by atoms with Gasteiger partial charge in [-0.15, -0.1) is 0 Å². The van der Waals surface area contributed by atoms with E-state index in [0.29, 0.717) is 0 Å². The molecule has 1 N–H and O–H groups in total. The minimum Gasteiger partial charge on any atom is -0.369 e. The van der Waals surface area contributed by atoms with Gasteiger partial charge >= 0.3 is 0 Å². The van der Waals surface area contributed by atoms with Crippen LogP contribution in [0.25, 0.3) is 16.9 Å². The molecule has 1 aliphatic heterocycles. The van der Waals surface area contributed by atoms with Crippen molar-refractivity contribution in [1.82, 2.24) is 14.8 Å². The summed E-state index contributed by atoms with van der Waals surface area (Å²) in [7, 11) is 0. The summed E-state index contributed by atoms with van der Waals surface area (Å²) in [6, 6.07) is 10.3. The molecule has 0 saturated heterocycles. The molecule has 104 valence electrons. The predicted octanol–water partition coefficient (Wildman–Crippen LogP) is 3.04. The monoisotopic (exact) mass is 280 g/mol. The third-order valence-electron chi connectivity index (χ3n) is 3.66. The van der Waals surface area contributed by atoms with Gasteiger partial charge in [0.15, 0.2) is 0 Å². The number of aromatic nitrogens is 3. The Morgan fingerprint density at radius 1 is 1.14 bits per heavy atom. The normalized spacial score (nSPS) is 13.0. The molecule has 0 bridgehead atoms. The van der Waals surface area contributed by atoms with Gasteiger partial charge in [-0.05, 0) is 42.8 Å². The van der Waals surface area contributed by atoms with Crippen LogP contribution in [0.5, 0.6) is 0 Å². The number of benzene rings is 1. The number of nitrogens with zero attached hydrogens (tertiary/aromatic N) is 3. The molecule has 21 heavy (non-hydrogen) atoms. The first-order valence-corrected chi connectivity index (χ1v) is 6.85. The van der Waals surface area contributed by atoms with E-state index in [1.54, 1.807) is 18.3 Å². The van der Waals surface area contributed by atoms with Gasteiger partial charge < -0.3 is 5.32 Å². The van der Waals surface area contributed by atoms with Gasteiger partial charge in [0.2, 0.25) is 0 Å². The van der Waals surface area contributed by atoms with Crippen LogP contribution < -0.4 is 5.32 Å². The van der Waals surface area contributed by atoms with Gasteiger partial charge in [0.1, 0.15) is 11.6 Å². The summed E-state index contributed by atoms with van der Waals surface area (Å²) in [4.78, 5) is 4.16. The van der Waals surface area contributed by atoms with E-state index < -0.39 is 0 Å². The number of fused-ring (bicyclic) bond motifs is 1. The first-order valence-electron chi connectivity index (χ1n) is 6.85. The second kappa shape index (κ2) is 4.70. The van der Waals surface area contributed by atoms with Crippen LogP contribution in [0.4, 0.5) is 10.2 Å². The summed E-state index contributed by atoms with van der Waals surface area (Å²) in [5.41, 5.74) is 3.97. The standard InChI is InChI=1S/C16H13FN4/c17-12-3-5-13(6-4-12)21-16-14(7-9-19-16)15(20-21)11-2-1-8-18-10-11/h1-6,8,10,19H,7,9H2. The van der Waals surface area contributed by atoms with E-state index in [4.69, 9.17) is 5.10 Å². The maximum Gasteiger partial charge on any atom is 0.133 e. The lowest BCUT2D eigenvalue weighted by molar-refractivity contribution is 0.627. The highest BCUT2D eigenvalue weighted by Gasteiger charge is 2.23. The molecule has 0 unspecified atom stereocenters. The summed E-state index contributed by atoms with van der Waals surface area (Å²) in [6.07, 6.45) is 4.50. The fourth-order valence-corrected chi connectivity index (χ4v) is 2.68. The number of hydrogen-bond acceptors (Lipinski definition) is 3. The van der Waals surface area contributed by atoms with E-state index in [9.17, 15) is 4.39 Å². The van der Waals surface area contributed by atoms with Crippen molar-refractivity contribution in [3.8, 4) is 16.9 Å². The lowest BCUT2D eigenvalue weighted by Gasteiger charge is -2.06. The number of nitrogens with one attached hydrogen (secondary N) is 1. The Kier molecular flexibility index (Phi) is 2.70. The summed E-state index contributed by atoms with van der Waals surface area (Å²) in [5.74, 6) is 0.739. The molecule has 4 nitrogen and oxygen atoms in total. The molecule has 0 saturated carbocycles. The quantitative estimate of drug-likeness (QED) is 0.784. The van der Waals surface area contributed by atoms with Crippen molar-refractivity contribution in [2.24, 2.45) is 0 Å². The van der Waals surface area contributed by atoms with Crippen LogP contribution in [-0.4, -0.2) is 21.3 Å². The molecule has 3 aromatic rings. The second-order valence-corrected chi connectivity index (χ2v) is 4.98. The van der Waals surface area contributed by atoms with Crippen molar-refractivity contribution in [1.29, 1.82) is 0 Å². The lowest BCUT2D eigenvalue weighted by Crippen LogP contribution is -2.04. The first kappa shape index (κ1) is 12.1. The number of anilines is 1. The average Bonchev–Trinajstić information content (AvgIpc) is 3.11. The zero-order valence-electron chi connectivity index (χ0n) is 11.3. The van der Waals surface area contributed by atoms with Crippen LogP contribution in [0, 0.1) is 5.82 Å². The van der Waals surface area contributed by atoms with Gasteiger partial charge in [0.05, 0.1) is 11.4 Å². The maximum absolute atomic E-state index is 13.1. The number of hydrogen-bond donors (Lipinski definition) is 1. The third kappa shape index (κ3) is 1.98. The molecule has 1 aromatic carbocycles. The van der Waals surface area contributed by atoms with E-state index in [1.165, 1.54) is 17.7 Å². The first-order chi connectivity index (χ1) is 10.3. The summed E-state index contributed by atoms with van der Waals surface area (Å²) < 4.78 is 14.9. The highest BCUT2D eigenvalue weighted by atomic mass is 19.1. The summed E-state index contributed by atoms with van der Waals surface area (Å²) in [5, 5.41) is 8.05. The Bertz CT molecular complexity index is 778. The van der Waals surface area contributed by atoms with Crippen LogP contribution in [0.15, 0.2) is 48.8 Å². The van der Waals surface area contributed by atoms with Crippen LogP contribution in [0.2, 0.25) is 0 Å². The number of pyridine rings is 1. The van der Waals surface area contributed by atoms with Crippen molar-refractivity contribution in [2.75, 3.05) is 11.9 Å². The Morgan fingerprint density at radius 3 is 2.76 bits per heavy atom. The Morgan fingerprint density at radius 2 is 2.00 bits per heavy atom. The molecule has 1 aliphatic rings. The minimum atomic E-state index is -0.247. The minimum absolute atomic E-state index is 0.247. The third-order valence-corrected chi connectivity index (χ3v) is 3.66. The molecular weight excluding hydrogens is 267 g/mol. The molecular formula is C16H13FN4. The zero-order valence-corrected chi connectivity index (χ0v) is 11.3. The van der Waals surface area contributed by atoms with Gasteiger partial charge in [0.25, 0.3) is 0 Å². The average molecular weight is 280 g/mol. The molecule has 0 amide bonds. The van der Waals surface area contributed by atoms with Gasteiger partial charge in [-0.1, -0.05) is 0 Å². The highest BCUT2D eigenvalue weighted by molar-refractivity contribution is 5.72. The molecule has 0 spiro atoms. The second-order valence-electron chi connectivity index (χ2n) is 4.98. The van der Waals surface area contributed by atoms with Crippen molar-refractivity contribution < 1.29 is 4.39 Å². The summed E-state index contributed by atoms with van der Waals surface area (Å²) in [6.45, 7) is 0.891. The van der Waals surface area contributed by atoms with Crippen molar-refractivity contribution in [2.45, 2.75) is 6.42 Å². The van der Waals surface area contributed by atoms with Crippen molar-refractivity contribution >= 4 is 5.82 Å². The molecule has 0 radical (unpaired) electrons. The largest absolute Gasteiger partial charge is 0.369 e. The Balaban J connectivity index is 1.88. The van der Waals surface area contributed by atoms with Crippen molar-refractivity contribution in [3.05, 3.63) is 60.2 Å². The topological polar surface area (TPSA) is 42.7 Å². The Labute approximate surface area is 121 Å². The molecule has 4 rings (SSSR count). The SMILES string of the molecule is Fc1ccc(-n2nc(-c3cccnc3)c3c2NCC3)cc1.